The molecule has 114 valence electrons. The van der Waals surface area contributed by atoms with E-state index in [0.29, 0.717) is 4.57 Å². The summed E-state index contributed by atoms with van der Waals surface area (Å²) in [4.78, 5) is 42.4. The summed E-state index contributed by atoms with van der Waals surface area (Å²) in [5, 5.41) is 2.21. The third-order valence-electron chi connectivity index (χ3n) is 2.55. The molecular formula is C10H10F3N5O3. The first kappa shape index (κ1) is 14.8. The molecule has 0 bridgehead atoms. The van der Waals surface area contributed by atoms with Gasteiger partial charge in [0.05, 0.1) is 6.42 Å². The lowest BCUT2D eigenvalue weighted by Gasteiger charge is -2.06. The zero-order chi connectivity index (χ0) is 15.8. The van der Waals surface area contributed by atoms with Gasteiger partial charge in [-0.3, -0.25) is 29.4 Å². The molecule has 8 nitrogen and oxygen atoms in total. The molecule has 0 saturated carbocycles. The number of anilines is 1. The largest absolute Gasteiger partial charge is 0.390 e. The van der Waals surface area contributed by atoms with Gasteiger partial charge in [-0.15, -0.1) is 0 Å². The van der Waals surface area contributed by atoms with Crippen molar-refractivity contribution in [1.29, 1.82) is 0 Å². The van der Waals surface area contributed by atoms with Gasteiger partial charge in [0, 0.05) is 13.5 Å². The van der Waals surface area contributed by atoms with E-state index < -0.39 is 36.3 Å². The number of carbonyl (C=O) groups excluding carboxylic acids is 1. The highest BCUT2D eigenvalue weighted by Crippen LogP contribution is 2.20. The van der Waals surface area contributed by atoms with Crippen LogP contribution in [0.3, 0.4) is 0 Å². The lowest BCUT2D eigenvalue weighted by atomic mass is 10.4. The highest BCUT2D eigenvalue weighted by atomic mass is 19.4. The average molecular weight is 305 g/mol. The van der Waals surface area contributed by atoms with Gasteiger partial charge in [-0.2, -0.15) is 18.2 Å². The summed E-state index contributed by atoms with van der Waals surface area (Å²) in [6.45, 7) is 0.480. The van der Waals surface area contributed by atoms with Crippen LogP contribution in [0.15, 0.2) is 9.59 Å². The monoisotopic (exact) mass is 305 g/mol. The molecule has 0 aliphatic heterocycles. The van der Waals surface area contributed by atoms with Gasteiger partial charge in [0.2, 0.25) is 11.9 Å². The molecule has 2 aromatic rings. The molecule has 0 radical (unpaired) electrons. The third kappa shape index (κ3) is 3.30. The second kappa shape index (κ2) is 5.07. The van der Waals surface area contributed by atoms with Crippen LogP contribution in [0.2, 0.25) is 0 Å². The lowest BCUT2D eigenvalue weighted by molar-refractivity contribution is -0.136. The van der Waals surface area contributed by atoms with E-state index in [2.05, 4.69) is 20.3 Å². The van der Waals surface area contributed by atoms with Crippen LogP contribution in [0.5, 0.6) is 0 Å². The summed E-state index contributed by atoms with van der Waals surface area (Å²) in [5.74, 6) is -0.708. The number of hydrogen-bond acceptors (Lipinski definition) is 4. The molecule has 0 fully saturated rings. The highest BCUT2D eigenvalue weighted by molar-refractivity contribution is 5.87. The molecule has 2 heterocycles. The Morgan fingerprint density at radius 3 is 2.57 bits per heavy atom. The lowest BCUT2D eigenvalue weighted by Crippen LogP contribution is -2.24. The first-order chi connectivity index (χ1) is 9.67. The van der Waals surface area contributed by atoms with E-state index in [9.17, 15) is 27.6 Å². The van der Waals surface area contributed by atoms with Crippen LogP contribution in [-0.4, -0.2) is 31.6 Å². The molecule has 0 saturated heterocycles. The van der Waals surface area contributed by atoms with Crippen LogP contribution in [0.25, 0.3) is 11.2 Å². The molecule has 21 heavy (non-hydrogen) atoms. The number of carbonyl (C=O) groups is 1. The van der Waals surface area contributed by atoms with Crippen molar-refractivity contribution in [2.24, 2.45) is 0 Å². The van der Waals surface area contributed by atoms with Crippen LogP contribution in [0.1, 0.15) is 13.3 Å². The Morgan fingerprint density at radius 2 is 2.00 bits per heavy atom. The smallest absolute Gasteiger partial charge is 0.296 e. The number of aromatic amines is 2. The molecular weight excluding hydrogens is 295 g/mol. The van der Waals surface area contributed by atoms with E-state index in [4.69, 9.17) is 0 Å². The maximum Gasteiger partial charge on any atom is 0.390 e. The van der Waals surface area contributed by atoms with Gasteiger partial charge in [0.15, 0.2) is 11.2 Å². The van der Waals surface area contributed by atoms with Crippen LogP contribution in [0, 0.1) is 0 Å². The fourth-order valence-corrected chi connectivity index (χ4v) is 1.75. The Labute approximate surface area is 114 Å². The number of H-pyrrole nitrogens is 2. The Balaban J connectivity index is 2.49. The van der Waals surface area contributed by atoms with Gasteiger partial charge >= 0.3 is 11.9 Å². The number of aromatic nitrogens is 4. The molecule has 0 unspecified atom stereocenters. The SMILES string of the molecule is CC(=O)Nc1nc2[nH]c(=O)n(CCC(F)(F)F)c2c(=O)[nH]1. The number of fused-ring (bicyclic) bond motifs is 1. The molecule has 0 aliphatic carbocycles. The normalized spacial score (nSPS) is 11.8. The zero-order valence-corrected chi connectivity index (χ0v) is 10.7. The Hall–Kier alpha value is -2.59. The number of nitrogens with one attached hydrogen (secondary N) is 3. The van der Waals surface area contributed by atoms with Crippen molar-refractivity contribution in [1.82, 2.24) is 19.5 Å². The zero-order valence-electron chi connectivity index (χ0n) is 10.7. The summed E-state index contributed by atoms with van der Waals surface area (Å²) in [5.41, 5.74) is -2.22. The van der Waals surface area contributed by atoms with Crippen molar-refractivity contribution < 1.29 is 18.0 Å². The first-order valence-corrected chi connectivity index (χ1v) is 5.74. The van der Waals surface area contributed by atoms with Gasteiger partial charge in [0.1, 0.15) is 0 Å². The molecule has 0 spiro atoms. The van der Waals surface area contributed by atoms with Crippen LogP contribution >= 0.6 is 0 Å². The molecule has 0 atom stereocenters. The van der Waals surface area contributed by atoms with Gasteiger partial charge in [-0.1, -0.05) is 0 Å². The number of amides is 1. The summed E-state index contributed by atoms with van der Waals surface area (Å²) in [6, 6.07) is 0. The van der Waals surface area contributed by atoms with E-state index in [1.165, 1.54) is 6.92 Å². The maximum atomic E-state index is 12.2. The predicted octanol–water partition coefficient (Wildman–Crippen LogP) is 0.324. The Bertz CT molecular complexity index is 801. The molecule has 2 rings (SSSR count). The second-order valence-electron chi connectivity index (χ2n) is 4.24. The number of alkyl halides is 3. The van der Waals surface area contributed by atoms with E-state index in [-0.39, 0.29) is 17.1 Å². The van der Waals surface area contributed by atoms with Gasteiger partial charge in [-0.25, -0.2) is 4.79 Å². The van der Waals surface area contributed by atoms with E-state index >= 15 is 0 Å². The Morgan fingerprint density at radius 1 is 1.33 bits per heavy atom. The molecule has 1 amide bonds. The summed E-state index contributed by atoms with van der Waals surface area (Å²) >= 11 is 0. The van der Waals surface area contributed by atoms with Crippen molar-refractivity contribution >= 4 is 23.0 Å². The number of aryl methyl sites for hydroxylation is 1. The molecule has 0 aromatic carbocycles. The fourth-order valence-electron chi connectivity index (χ4n) is 1.75. The van der Waals surface area contributed by atoms with Crippen LogP contribution < -0.4 is 16.6 Å². The van der Waals surface area contributed by atoms with E-state index in [1.807, 2.05) is 0 Å². The van der Waals surface area contributed by atoms with Crippen molar-refractivity contribution in [3.63, 3.8) is 0 Å². The minimum atomic E-state index is -4.46. The fraction of sp³-hybridized carbons (Fsp3) is 0.400. The molecule has 0 aliphatic rings. The van der Waals surface area contributed by atoms with Crippen molar-refractivity contribution in [3.8, 4) is 0 Å². The second-order valence-corrected chi connectivity index (χ2v) is 4.24. The summed E-state index contributed by atoms with van der Waals surface area (Å²) in [7, 11) is 0. The first-order valence-electron chi connectivity index (χ1n) is 5.74. The third-order valence-corrected chi connectivity index (χ3v) is 2.55. The average Bonchev–Trinajstić information content (AvgIpc) is 2.60. The van der Waals surface area contributed by atoms with E-state index in [0.717, 1.165) is 0 Å². The minimum Gasteiger partial charge on any atom is -0.296 e. The molecule has 11 heteroatoms. The number of imidazole rings is 1. The van der Waals surface area contributed by atoms with Gasteiger partial charge < -0.3 is 0 Å². The highest BCUT2D eigenvalue weighted by Gasteiger charge is 2.28. The van der Waals surface area contributed by atoms with Crippen molar-refractivity contribution in [3.05, 3.63) is 20.8 Å². The van der Waals surface area contributed by atoms with E-state index in [1.54, 1.807) is 0 Å². The maximum absolute atomic E-state index is 12.2. The number of nitrogens with zero attached hydrogens (tertiary/aromatic N) is 2. The Kier molecular flexibility index (Phi) is 3.58. The standard InChI is InChI=1S/C10H10F3N5O3/c1-4(19)14-8-15-6-5(7(20)17-8)18(9(21)16-6)3-2-10(11,12)13/h2-3H2,1H3,(H3,14,15,16,17,19,20,21). The van der Waals surface area contributed by atoms with Gasteiger partial charge in [0.25, 0.3) is 5.56 Å². The number of rotatable bonds is 3. The summed E-state index contributed by atoms with van der Waals surface area (Å²) < 4.78 is 37.3. The molecule has 2 aromatic heterocycles. The number of halogens is 3. The predicted molar refractivity (Wildman–Crippen MR) is 66.0 cm³/mol. The van der Waals surface area contributed by atoms with Gasteiger partial charge in [-0.05, 0) is 0 Å². The number of hydrogen-bond donors (Lipinski definition) is 3. The van der Waals surface area contributed by atoms with Crippen molar-refractivity contribution in [2.75, 3.05) is 5.32 Å². The minimum absolute atomic E-state index is 0.199. The van der Waals surface area contributed by atoms with Crippen LogP contribution in [-0.2, 0) is 11.3 Å². The van der Waals surface area contributed by atoms with Crippen molar-refractivity contribution in [2.45, 2.75) is 26.1 Å². The molecule has 3 N–H and O–H groups in total. The quantitative estimate of drug-likeness (QED) is 0.758. The van der Waals surface area contributed by atoms with Crippen LogP contribution in [0.4, 0.5) is 19.1 Å². The topological polar surface area (TPSA) is 113 Å². The summed E-state index contributed by atoms with van der Waals surface area (Å²) in [6.07, 6.45) is -5.72.